The van der Waals surface area contributed by atoms with Gasteiger partial charge in [-0.2, -0.15) is 5.26 Å². The molecule has 1 amide bonds. The molecule has 0 unspecified atom stereocenters. The highest BCUT2D eigenvalue weighted by Crippen LogP contribution is 2.39. The third-order valence-electron chi connectivity index (χ3n) is 4.36. The number of amides is 1. The summed E-state index contributed by atoms with van der Waals surface area (Å²) >= 11 is 1.46. The van der Waals surface area contributed by atoms with Crippen LogP contribution in [0.15, 0.2) is 12.2 Å². The molecule has 0 aliphatic heterocycles. The summed E-state index contributed by atoms with van der Waals surface area (Å²) in [6.07, 6.45) is 7.35. The fourth-order valence-electron chi connectivity index (χ4n) is 3.19. The van der Waals surface area contributed by atoms with Gasteiger partial charge in [-0.25, -0.2) is 0 Å². The number of thiophene rings is 1. The van der Waals surface area contributed by atoms with Crippen LogP contribution in [-0.4, -0.2) is 17.0 Å². The first-order chi connectivity index (χ1) is 10.6. The third kappa shape index (κ3) is 2.53. The molecule has 2 atom stereocenters. The van der Waals surface area contributed by atoms with E-state index in [-0.39, 0.29) is 5.91 Å². The first-order valence-corrected chi connectivity index (χ1v) is 8.16. The van der Waals surface area contributed by atoms with E-state index in [0.29, 0.717) is 23.4 Å². The lowest BCUT2D eigenvalue weighted by Gasteiger charge is -2.24. The van der Waals surface area contributed by atoms with E-state index in [1.807, 2.05) is 12.2 Å². The summed E-state index contributed by atoms with van der Waals surface area (Å²) in [5.41, 5.74) is 1.62. The zero-order chi connectivity index (χ0) is 15.7. The molecule has 22 heavy (non-hydrogen) atoms. The maximum absolute atomic E-state index is 12.5. The molecule has 5 nitrogen and oxygen atoms in total. The minimum atomic E-state index is -0.946. The molecule has 2 aliphatic rings. The molecule has 2 N–H and O–H groups in total. The Morgan fingerprint density at radius 3 is 2.68 bits per heavy atom. The number of fused-ring (bicyclic) bond motifs is 1. The second kappa shape index (κ2) is 5.93. The molecule has 1 aromatic rings. The van der Waals surface area contributed by atoms with Gasteiger partial charge in [-0.1, -0.05) is 12.2 Å². The first kappa shape index (κ1) is 14.8. The summed E-state index contributed by atoms with van der Waals surface area (Å²) in [6.45, 7) is 0. The number of carboxylic acids is 1. The van der Waals surface area contributed by atoms with E-state index in [2.05, 4.69) is 11.4 Å². The van der Waals surface area contributed by atoms with Crippen molar-refractivity contribution >= 4 is 28.2 Å². The molecule has 0 saturated heterocycles. The smallest absolute Gasteiger partial charge is 0.307 e. The minimum absolute atomic E-state index is 0.298. The van der Waals surface area contributed by atoms with Gasteiger partial charge in [0.2, 0.25) is 5.91 Å². The van der Waals surface area contributed by atoms with Gasteiger partial charge in [-0.3, -0.25) is 9.59 Å². The number of aryl methyl sites for hydroxylation is 1. The van der Waals surface area contributed by atoms with Crippen molar-refractivity contribution in [2.24, 2.45) is 11.8 Å². The van der Waals surface area contributed by atoms with E-state index in [9.17, 15) is 20.0 Å². The molecule has 2 aliphatic carbocycles. The molecule has 0 bridgehead atoms. The molecule has 6 heteroatoms. The largest absolute Gasteiger partial charge is 0.481 e. The number of hydrogen-bond acceptors (Lipinski definition) is 4. The van der Waals surface area contributed by atoms with Crippen LogP contribution in [0.2, 0.25) is 0 Å². The van der Waals surface area contributed by atoms with Crippen LogP contribution in [0.25, 0.3) is 0 Å². The van der Waals surface area contributed by atoms with Crippen LogP contribution < -0.4 is 5.32 Å². The highest BCUT2D eigenvalue weighted by molar-refractivity contribution is 7.16. The van der Waals surface area contributed by atoms with Crippen LogP contribution in [0.1, 0.15) is 35.3 Å². The van der Waals surface area contributed by atoms with Gasteiger partial charge in [0.15, 0.2) is 0 Å². The number of hydrogen-bond donors (Lipinski definition) is 2. The zero-order valence-electron chi connectivity index (χ0n) is 12.0. The van der Waals surface area contributed by atoms with Crippen molar-refractivity contribution < 1.29 is 14.7 Å². The number of carbonyl (C=O) groups excluding carboxylic acids is 1. The van der Waals surface area contributed by atoms with Crippen molar-refractivity contribution in [1.82, 2.24) is 0 Å². The van der Waals surface area contributed by atoms with E-state index in [1.54, 1.807) is 0 Å². The summed E-state index contributed by atoms with van der Waals surface area (Å²) in [7, 11) is 0. The maximum Gasteiger partial charge on any atom is 0.307 e. The molecule has 3 rings (SSSR count). The lowest BCUT2D eigenvalue weighted by molar-refractivity contribution is -0.146. The predicted molar refractivity (Wildman–Crippen MR) is 82.7 cm³/mol. The highest BCUT2D eigenvalue weighted by atomic mass is 32.1. The Hall–Kier alpha value is -2.13. The quantitative estimate of drug-likeness (QED) is 0.839. The number of carboxylic acid groups (broad SMARTS) is 1. The van der Waals surface area contributed by atoms with Crippen molar-refractivity contribution in [2.75, 3.05) is 5.32 Å². The summed E-state index contributed by atoms with van der Waals surface area (Å²) < 4.78 is 0. The number of nitriles is 1. The molecule has 0 aromatic carbocycles. The van der Waals surface area contributed by atoms with Gasteiger partial charge in [0.1, 0.15) is 11.1 Å². The lowest BCUT2D eigenvalue weighted by Crippen LogP contribution is -2.34. The highest BCUT2D eigenvalue weighted by Gasteiger charge is 2.35. The van der Waals surface area contributed by atoms with Crippen LogP contribution in [0.4, 0.5) is 5.00 Å². The monoisotopic (exact) mass is 316 g/mol. The van der Waals surface area contributed by atoms with Crippen molar-refractivity contribution in [3.63, 3.8) is 0 Å². The predicted octanol–water partition coefficient (Wildman–Crippen LogP) is 2.71. The molecule has 0 fully saturated rings. The summed E-state index contributed by atoms with van der Waals surface area (Å²) in [5.74, 6) is -2.51. The first-order valence-electron chi connectivity index (χ1n) is 7.35. The summed E-state index contributed by atoms with van der Waals surface area (Å²) in [6, 6.07) is 2.18. The van der Waals surface area contributed by atoms with E-state index in [4.69, 9.17) is 0 Å². The van der Waals surface area contributed by atoms with Crippen LogP contribution in [-0.2, 0) is 22.4 Å². The second-order valence-electron chi connectivity index (χ2n) is 5.66. The average Bonchev–Trinajstić information content (AvgIpc) is 3.07. The molecule has 0 saturated carbocycles. The number of aliphatic carboxylic acids is 1. The Morgan fingerprint density at radius 1 is 1.27 bits per heavy atom. The van der Waals surface area contributed by atoms with E-state index < -0.39 is 17.8 Å². The minimum Gasteiger partial charge on any atom is -0.481 e. The van der Waals surface area contributed by atoms with Gasteiger partial charge in [0, 0.05) is 4.88 Å². The average molecular weight is 316 g/mol. The fraction of sp³-hybridized carbons (Fsp3) is 0.438. The van der Waals surface area contributed by atoms with Gasteiger partial charge in [0.05, 0.1) is 17.4 Å². The summed E-state index contributed by atoms with van der Waals surface area (Å²) in [5, 5.41) is 22.0. The van der Waals surface area contributed by atoms with Crippen LogP contribution in [0, 0.1) is 23.2 Å². The van der Waals surface area contributed by atoms with Crippen molar-refractivity contribution in [2.45, 2.75) is 32.1 Å². The molecule has 1 aromatic heterocycles. The number of rotatable bonds is 3. The fourth-order valence-corrected chi connectivity index (χ4v) is 4.43. The Labute approximate surface area is 132 Å². The van der Waals surface area contributed by atoms with Gasteiger partial charge in [-0.15, -0.1) is 11.3 Å². The topological polar surface area (TPSA) is 90.2 Å². The van der Waals surface area contributed by atoms with Crippen molar-refractivity contribution in [3.8, 4) is 6.07 Å². The molecule has 0 radical (unpaired) electrons. The van der Waals surface area contributed by atoms with E-state index >= 15 is 0 Å². The Balaban J connectivity index is 1.81. The lowest BCUT2D eigenvalue weighted by atomic mass is 9.82. The standard InChI is InChI=1S/C16H16N2O3S/c17-8-12-9-6-3-7-13(9)22-15(12)18-14(19)10-4-1-2-5-11(10)16(20)21/h1-2,10-11H,3-7H2,(H,18,19)(H,20,21)/t10-,11+/m0/s1. The maximum atomic E-state index is 12.5. The molecule has 114 valence electrons. The molecule has 1 heterocycles. The van der Waals surface area contributed by atoms with Gasteiger partial charge < -0.3 is 10.4 Å². The van der Waals surface area contributed by atoms with Crippen molar-refractivity contribution in [3.05, 3.63) is 28.2 Å². The summed E-state index contributed by atoms with van der Waals surface area (Å²) in [4.78, 5) is 24.9. The Kier molecular flexibility index (Phi) is 3.99. The molecule has 0 spiro atoms. The van der Waals surface area contributed by atoms with Gasteiger partial charge in [-0.05, 0) is 37.7 Å². The van der Waals surface area contributed by atoms with E-state index in [0.717, 1.165) is 24.8 Å². The normalized spacial score (nSPS) is 22.9. The number of carbonyl (C=O) groups is 2. The molecular weight excluding hydrogens is 300 g/mol. The van der Waals surface area contributed by atoms with Crippen LogP contribution in [0.5, 0.6) is 0 Å². The Morgan fingerprint density at radius 2 is 2.00 bits per heavy atom. The SMILES string of the molecule is N#Cc1c(NC(=O)[C@H]2CC=CC[C@H]2C(=O)O)sc2c1CCC2. The van der Waals surface area contributed by atoms with Crippen LogP contribution in [0.3, 0.4) is 0 Å². The Bertz CT molecular complexity index is 699. The number of anilines is 1. The number of allylic oxidation sites excluding steroid dienone is 2. The van der Waals surface area contributed by atoms with E-state index in [1.165, 1.54) is 16.2 Å². The zero-order valence-corrected chi connectivity index (χ0v) is 12.8. The molecular formula is C16H16N2O3S. The second-order valence-corrected chi connectivity index (χ2v) is 6.76. The number of nitrogens with zero attached hydrogens (tertiary/aromatic N) is 1. The third-order valence-corrected chi connectivity index (χ3v) is 5.56. The van der Waals surface area contributed by atoms with Gasteiger partial charge >= 0.3 is 5.97 Å². The number of nitrogens with one attached hydrogen (secondary N) is 1. The van der Waals surface area contributed by atoms with Gasteiger partial charge in [0.25, 0.3) is 0 Å². The van der Waals surface area contributed by atoms with Crippen molar-refractivity contribution in [1.29, 1.82) is 5.26 Å². The van der Waals surface area contributed by atoms with Crippen LogP contribution >= 0.6 is 11.3 Å².